The van der Waals surface area contributed by atoms with Crippen molar-refractivity contribution >= 4 is 29.9 Å². The van der Waals surface area contributed by atoms with Gasteiger partial charge in [0, 0.05) is 18.2 Å². The summed E-state index contributed by atoms with van der Waals surface area (Å²) in [4.78, 5) is 22.9. The molecular weight excluding hydrogens is 278 g/mol. The Morgan fingerprint density at radius 3 is 2.45 bits per heavy atom. The molecular formula is C14H22ClN3O2. The van der Waals surface area contributed by atoms with Crippen LogP contribution in [-0.2, 0) is 16.0 Å². The van der Waals surface area contributed by atoms with Crippen LogP contribution in [0, 0.1) is 0 Å². The molecule has 5 nitrogen and oxygen atoms in total. The Labute approximate surface area is 125 Å². The molecule has 0 spiro atoms. The quantitative estimate of drug-likeness (QED) is 0.692. The van der Waals surface area contributed by atoms with Gasteiger partial charge in [-0.3, -0.25) is 9.59 Å². The minimum Gasteiger partial charge on any atom is -0.399 e. The molecule has 0 radical (unpaired) electrons. The van der Waals surface area contributed by atoms with Crippen LogP contribution >= 0.6 is 12.4 Å². The van der Waals surface area contributed by atoms with Crippen molar-refractivity contribution in [2.45, 2.75) is 32.7 Å². The average Bonchev–Trinajstić information content (AvgIpc) is 2.34. The van der Waals surface area contributed by atoms with E-state index in [0.717, 1.165) is 5.56 Å². The lowest BCUT2D eigenvalue weighted by molar-refractivity contribution is -0.126. The molecule has 0 aliphatic rings. The fourth-order valence-electron chi connectivity index (χ4n) is 1.65. The fourth-order valence-corrected chi connectivity index (χ4v) is 1.65. The molecule has 4 N–H and O–H groups in total. The number of aryl methyl sites for hydroxylation is 1. The monoisotopic (exact) mass is 299 g/mol. The summed E-state index contributed by atoms with van der Waals surface area (Å²) in [6.07, 6.45) is 0.896. The highest BCUT2D eigenvalue weighted by Crippen LogP contribution is 2.12. The number of hydrogen-bond acceptors (Lipinski definition) is 3. The van der Waals surface area contributed by atoms with Gasteiger partial charge in [-0.25, -0.2) is 0 Å². The van der Waals surface area contributed by atoms with Gasteiger partial charge in [-0.1, -0.05) is 18.2 Å². The summed E-state index contributed by atoms with van der Waals surface area (Å²) < 4.78 is 0. The van der Waals surface area contributed by atoms with E-state index in [9.17, 15) is 9.59 Å². The summed E-state index contributed by atoms with van der Waals surface area (Å²) in [6.45, 7) is 3.76. The molecule has 0 saturated carbocycles. The van der Waals surface area contributed by atoms with Gasteiger partial charge >= 0.3 is 0 Å². The summed E-state index contributed by atoms with van der Waals surface area (Å²) in [5.41, 5.74) is 7.42. The van der Waals surface area contributed by atoms with Gasteiger partial charge in [0.1, 0.15) is 0 Å². The Morgan fingerprint density at radius 2 is 1.85 bits per heavy atom. The van der Waals surface area contributed by atoms with Crippen LogP contribution in [0.3, 0.4) is 0 Å². The van der Waals surface area contributed by atoms with Crippen LogP contribution in [0.15, 0.2) is 24.3 Å². The van der Waals surface area contributed by atoms with Crippen LogP contribution < -0.4 is 16.4 Å². The topological polar surface area (TPSA) is 84.2 Å². The lowest BCUT2D eigenvalue weighted by Gasteiger charge is -2.09. The van der Waals surface area contributed by atoms with Gasteiger partial charge in [0.25, 0.3) is 0 Å². The van der Waals surface area contributed by atoms with E-state index in [0.29, 0.717) is 18.5 Å². The van der Waals surface area contributed by atoms with E-state index >= 15 is 0 Å². The number of carbonyl (C=O) groups is 2. The Hall–Kier alpha value is -1.75. The Kier molecular flexibility index (Phi) is 8.40. The van der Waals surface area contributed by atoms with Crippen molar-refractivity contribution < 1.29 is 9.59 Å². The first kappa shape index (κ1) is 18.2. The lowest BCUT2D eigenvalue weighted by Crippen LogP contribution is -2.39. The average molecular weight is 300 g/mol. The van der Waals surface area contributed by atoms with Gasteiger partial charge < -0.3 is 16.4 Å². The van der Waals surface area contributed by atoms with Crippen LogP contribution in [0.4, 0.5) is 5.69 Å². The molecule has 112 valence electrons. The van der Waals surface area contributed by atoms with Crippen LogP contribution in [0.5, 0.6) is 0 Å². The molecule has 1 rings (SSSR count). The van der Waals surface area contributed by atoms with E-state index in [-0.39, 0.29) is 36.8 Å². The number of halogens is 1. The van der Waals surface area contributed by atoms with Gasteiger partial charge in [-0.2, -0.15) is 0 Å². The lowest BCUT2D eigenvalue weighted by atomic mass is 10.1. The van der Waals surface area contributed by atoms with Gasteiger partial charge in [0.2, 0.25) is 11.8 Å². The van der Waals surface area contributed by atoms with Gasteiger partial charge in [0.15, 0.2) is 0 Å². The number of para-hydroxylation sites is 1. The largest absolute Gasteiger partial charge is 0.399 e. The minimum absolute atomic E-state index is 0. The standard InChI is InChI=1S/C14H21N3O2.ClH/c1-10(2)17-14(19)9-16-13(18)8-7-11-5-3-4-6-12(11)15;/h3-6,10H,7-9,15H2,1-2H3,(H,16,18)(H,17,19);1H. The zero-order valence-electron chi connectivity index (χ0n) is 11.8. The van der Waals surface area contributed by atoms with E-state index in [2.05, 4.69) is 10.6 Å². The Morgan fingerprint density at radius 1 is 1.20 bits per heavy atom. The van der Waals surface area contributed by atoms with Gasteiger partial charge in [-0.05, 0) is 31.9 Å². The minimum atomic E-state index is -0.178. The number of benzene rings is 1. The van der Waals surface area contributed by atoms with Crippen molar-refractivity contribution in [3.8, 4) is 0 Å². The molecule has 0 unspecified atom stereocenters. The summed E-state index contributed by atoms with van der Waals surface area (Å²) in [7, 11) is 0. The highest BCUT2D eigenvalue weighted by molar-refractivity contribution is 5.85. The second-order valence-corrected chi connectivity index (χ2v) is 4.70. The molecule has 0 bridgehead atoms. The number of anilines is 1. The zero-order valence-corrected chi connectivity index (χ0v) is 12.6. The summed E-state index contributed by atoms with van der Waals surface area (Å²) in [5.74, 6) is -0.329. The number of nitrogen functional groups attached to an aromatic ring is 1. The summed E-state index contributed by atoms with van der Waals surface area (Å²) in [6, 6.07) is 7.53. The van der Waals surface area contributed by atoms with E-state index in [1.807, 2.05) is 38.1 Å². The number of amides is 2. The normalized spacial score (nSPS) is 9.75. The van der Waals surface area contributed by atoms with Crippen LogP contribution in [0.2, 0.25) is 0 Å². The Bertz CT molecular complexity index is 450. The van der Waals surface area contributed by atoms with Crippen molar-refractivity contribution in [2.24, 2.45) is 0 Å². The van der Waals surface area contributed by atoms with E-state index in [4.69, 9.17) is 5.73 Å². The first-order valence-corrected chi connectivity index (χ1v) is 6.38. The number of nitrogens with one attached hydrogen (secondary N) is 2. The molecule has 1 aromatic rings. The maximum Gasteiger partial charge on any atom is 0.239 e. The number of nitrogens with two attached hydrogens (primary N) is 1. The number of hydrogen-bond donors (Lipinski definition) is 3. The SMILES string of the molecule is CC(C)NC(=O)CNC(=O)CCc1ccccc1N.Cl. The Balaban J connectivity index is 0.00000361. The van der Waals surface area contributed by atoms with E-state index < -0.39 is 0 Å². The highest BCUT2D eigenvalue weighted by atomic mass is 35.5. The van der Waals surface area contributed by atoms with E-state index in [1.54, 1.807) is 0 Å². The molecule has 0 aliphatic heterocycles. The fraction of sp³-hybridized carbons (Fsp3) is 0.429. The second-order valence-electron chi connectivity index (χ2n) is 4.70. The molecule has 0 fully saturated rings. The maximum absolute atomic E-state index is 11.6. The van der Waals surface area contributed by atoms with Crippen molar-refractivity contribution in [1.82, 2.24) is 10.6 Å². The van der Waals surface area contributed by atoms with Crippen molar-refractivity contribution in [3.05, 3.63) is 29.8 Å². The third kappa shape index (κ3) is 6.99. The molecule has 20 heavy (non-hydrogen) atoms. The molecule has 0 saturated heterocycles. The summed E-state index contributed by atoms with van der Waals surface area (Å²) in [5, 5.41) is 5.29. The molecule has 0 aromatic heterocycles. The van der Waals surface area contributed by atoms with Crippen molar-refractivity contribution in [3.63, 3.8) is 0 Å². The van der Waals surface area contributed by atoms with Gasteiger partial charge in [0.05, 0.1) is 6.54 Å². The molecule has 6 heteroatoms. The summed E-state index contributed by atoms with van der Waals surface area (Å²) >= 11 is 0. The van der Waals surface area contributed by atoms with Crippen LogP contribution in [0.25, 0.3) is 0 Å². The second kappa shape index (κ2) is 9.20. The third-order valence-electron chi connectivity index (χ3n) is 2.57. The number of rotatable bonds is 6. The van der Waals surface area contributed by atoms with Crippen molar-refractivity contribution in [1.29, 1.82) is 0 Å². The zero-order chi connectivity index (χ0) is 14.3. The molecule has 0 heterocycles. The molecule has 1 aromatic carbocycles. The van der Waals surface area contributed by atoms with E-state index in [1.165, 1.54) is 0 Å². The van der Waals surface area contributed by atoms with Crippen LogP contribution in [-0.4, -0.2) is 24.4 Å². The highest BCUT2D eigenvalue weighted by Gasteiger charge is 2.07. The molecule has 0 atom stereocenters. The third-order valence-corrected chi connectivity index (χ3v) is 2.57. The molecule has 0 aliphatic carbocycles. The van der Waals surface area contributed by atoms with Gasteiger partial charge in [-0.15, -0.1) is 12.4 Å². The molecule has 2 amide bonds. The predicted octanol–water partition coefficient (Wildman–Crippen LogP) is 1.26. The maximum atomic E-state index is 11.6. The van der Waals surface area contributed by atoms with Crippen molar-refractivity contribution in [2.75, 3.05) is 12.3 Å². The number of carbonyl (C=O) groups excluding carboxylic acids is 2. The predicted molar refractivity (Wildman–Crippen MR) is 82.7 cm³/mol. The first-order valence-electron chi connectivity index (χ1n) is 6.38. The first-order chi connectivity index (χ1) is 8.99. The van der Waals surface area contributed by atoms with Crippen LogP contribution in [0.1, 0.15) is 25.8 Å². The smallest absolute Gasteiger partial charge is 0.239 e.